The number of nitrogens with zero attached hydrogens (tertiary/aromatic N) is 4. The molecule has 2 aromatic carbocycles. The summed E-state index contributed by atoms with van der Waals surface area (Å²) in [6.45, 7) is 4.20. The number of ether oxygens (including phenoxy) is 2. The Bertz CT molecular complexity index is 1530. The number of fused-ring (bicyclic) bond motifs is 3. The van der Waals surface area contributed by atoms with Gasteiger partial charge in [0.25, 0.3) is 0 Å². The van der Waals surface area contributed by atoms with E-state index in [1.54, 1.807) is 44.8 Å². The van der Waals surface area contributed by atoms with Crippen molar-refractivity contribution in [1.29, 1.82) is 0 Å². The average molecular weight is 554 g/mol. The molecule has 1 amide bonds. The fraction of sp³-hybridized carbons (Fsp3) is 0.280. The van der Waals surface area contributed by atoms with Crippen LogP contribution in [0.15, 0.2) is 47.6 Å². The number of thiocarbonyl (C=S) groups is 1. The Morgan fingerprint density at radius 3 is 2.39 bits per heavy atom. The van der Waals surface area contributed by atoms with E-state index >= 15 is 0 Å². The number of aromatic amines is 1. The van der Waals surface area contributed by atoms with Crippen molar-refractivity contribution in [3.63, 3.8) is 0 Å². The normalized spacial score (nSPS) is 14.4. The summed E-state index contributed by atoms with van der Waals surface area (Å²) in [5.74, 6) is 1.80. The monoisotopic (exact) mass is 553 g/mol. The number of anilines is 2. The van der Waals surface area contributed by atoms with E-state index in [9.17, 15) is 9.00 Å². The molecule has 0 spiro atoms. The molecule has 1 aliphatic heterocycles. The first kappa shape index (κ1) is 25.7. The van der Waals surface area contributed by atoms with Crippen molar-refractivity contribution in [3.05, 3.63) is 42.7 Å². The molecule has 1 fully saturated rings. The molecule has 1 saturated heterocycles. The predicted octanol–water partition coefficient (Wildman–Crippen LogP) is 2.81. The van der Waals surface area contributed by atoms with Crippen LogP contribution in [0.5, 0.6) is 11.5 Å². The van der Waals surface area contributed by atoms with Crippen LogP contribution in [0, 0.1) is 0 Å². The third-order valence-electron chi connectivity index (χ3n) is 6.30. The van der Waals surface area contributed by atoms with Crippen LogP contribution in [-0.4, -0.2) is 75.5 Å². The minimum Gasteiger partial charge on any atom is -0.493 e. The summed E-state index contributed by atoms with van der Waals surface area (Å²) in [5.41, 5.74) is 2.43. The van der Waals surface area contributed by atoms with E-state index in [0.29, 0.717) is 34.6 Å². The Kier molecular flexibility index (Phi) is 7.29. The minimum atomic E-state index is -1.58. The van der Waals surface area contributed by atoms with Crippen LogP contribution >= 0.6 is 12.2 Å². The molecule has 3 N–H and O–H groups in total. The number of rotatable bonds is 6. The molecule has 0 aliphatic carbocycles. The highest BCUT2D eigenvalue weighted by atomic mass is 32.2. The standard InChI is InChI=1S/C25H27N7O4S2/c1-15(33)30-38(34)17-6-4-16(5-7-17)28-25(37)32-10-8-31(9-11-32)24-22-18-12-20(35-2)21(36-3)13-19(18)29-23(22)26-14-27-24/h4-7,12-14H,8-11H2,1-3H3,(H,28,37)(H,30,33)(H,26,27,29). The number of carbonyl (C=O) groups excluding carboxylic acids is 1. The number of H-pyrrole nitrogens is 1. The summed E-state index contributed by atoms with van der Waals surface area (Å²) in [7, 11) is 1.65. The highest BCUT2D eigenvalue weighted by molar-refractivity contribution is 7.83. The zero-order chi connectivity index (χ0) is 26.8. The molecule has 11 nitrogen and oxygen atoms in total. The van der Waals surface area contributed by atoms with E-state index in [1.807, 2.05) is 12.1 Å². The Balaban J connectivity index is 1.28. The van der Waals surface area contributed by atoms with Crippen molar-refractivity contribution in [2.75, 3.05) is 50.6 Å². The molecule has 1 unspecified atom stereocenters. The van der Waals surface area contributed by atoms with Gasteiger partial charge in [0.05, 0.1) is 30.0 Å². The van der Waals surface area contributed by atoms with Crippen LogP contribution < -0.4 is 24.4 Å². The molecule has 198 valence electrons. The number of aromatic nitrogens is 3. The number of benzene rings is 2. The van der Waals surface area contributed by atoms with Crippen LogP contribution in [0.25, 0.3) is 21.9 Å². The molecule has 0 radical (unpaired) electrons. The molecule has 5 rings (SSSR count). The number of methoxy groups -OCH3 is 2. The van der Waals surface area contributed by atoms with E-state index in [4.69, 9.17) is 21.7 Å². The smallest absolute Gasteiger partial charge is 0.228 e. The first-order valence-electron chi connectivity index (χ1n) is 11.9. The molecule has 13 heteroatoms. The van der Waals surface area contributed by atoms with E-state index in [2.05, 4.69) is 34.8 Å². The second kappa shape index (κ2) is 10.8. The number of hydrogen-bond donors (Lipinski definition) is 3. The van der Waals surface area contributed by atoms with Crippen molar-refractivity contribution >= 4 is 67.7 Å². The molecule has 38 heavy (non-hydrogen) atoms. The van der Waals surface area contributed by atoms with Crippen LogP contribution in [0.1, 0.15) is 6.92 Å². The summed E-state index contributed by atoms with van der Waals surface area (Å²) < 4.78 is 25.4. The van der Waals surface area contributed by atoms with Crippen LogP contribution in [0.2, 0.25) is 0 Å². The third kappa shape index (κ3) is 5.07. The Morgan fingerprint density at radius 2 is 1.74 bits per heavy atom. The number of nitrogens with one attached hydrogen (secondary N) is 3. The van der Waals surface area contributed by atoms with Crippen molar-refractivity contribution in [1.82, 2.24) is 24.6 Å². The lowest BCUT2D eigenvalue weighted by Gasteiger charge is -2.37. The zero-order valence-electron chi connectivity index (χ0n) is 21.1. The largest absolute Gasteiger partial charge is 0.493 e. The maximum absolute atomic E-state index is 12.1. The highest BCUT2D eigenvalue weighted by Crippen LogP contribution is 2.38. The van der Waals surface area contributed by atoms with Crippen molar-refractivity contribution in [2.45, 2.75) is 11.8 Å². The lowest BCUT2D eigenvalue weighted by molar-refractivity contribution is -0.117. The van der Waals surface area contributed by atoms with E-state index in [-0.39, 0.29) is 5.91 Å². The number of amides is 1. The molecule has 1 atom stereocenters. The van der Waals surface area contributed by atoms with Gasteiger partial charge >= 0.3 is 0 Å². The fourth-order valence-corrected chi connectivity index (χ4v) is 5.51. The van der Waals surface area contributed by atoms with Gasteiger partial charge in [-0.25, -0.2) is 14.2 Å². The first-order chi connectivity index (χ1) is 18.4. The van der Waals surface area contributed by atoms with Gasteiger partial charge in [-0.1, -0.05) is 0 Å². The van der Waals surface area contributed by atoms with Gasteiger partial charge in [-0.3, -0.25) is 9.52 Å². The van der Waals surface area contributed by atoms with Gasteiger partial charge in [0.1, 0.15) is 17.8 Å². The highest BCUT2D eigenvalue weighted by Gasteiger charge is 2.24. The molecule has 0 saturated carbocycles. The molecular formula is C25H27N7O4S2. The molecule has 2 aromatic heterocycles. The van der Waals surface area contributed by atoms with Crippen molar-refractivity contribution < 1.29 is 18.5 Å². The molecular weight excluding hydrogens is 526 g/mol. The average Bonchev–Trinajstić information content (AvgIpc) is 3.30. The Labute approximate surface area is 227 Å². The predicted molar refractivity (Wildman–Crippen MR) is 151 cm³/mol. The SMILES string of the molecule is COc1cc2[nH]c3ncnc(N4CCN(C(=S)Nc5ccc(S(=O)NC(C)=O)cc5)CC4)c3c2cc1OC. The first-order valence-corrected chi connectivity index (χ1v) is 13.4. The quantitative estimate of drug-likeness (QED) is 0.307. The Hall–Kier alpha value is -3.97. The van der Waals surface area contributed by atoms with Gasteiger partial charge in [0.15, 0.2) is 27.6 Å². The van der Waals surface area contributed by atoms with Gasteiger partial charge in [0.2, 0.25) is 5.91 Å². The Morgan fingerprint density at radius 1 is 1.05 bits per heavy atom. The zero-order valence-corrected chi connectivity index (χ0v) is 22.7. The van der Waals surface area contributed by atoms with Gasteiger partial charge < -0.3 is 29.6 Å². The van der Waals surface area contributed by atoms with E-state index in [0.717, 1.165) is 46.5 Å². The van der Waals surface area contributed by atoms with Crippen LogP contribution in [0.3, 0.4) is 0 Å². The lowest BCUT2D eigenvalue weighted by Crippen LogP contribution is -2.50. The summed E-state index contributed by atoms with van der Waals surface area (Å²) >= 11 is 5.65. The van der Waals surface area contributed by atoms with Gasteiger partial charge in [-0.2, -0.15) is 0 Å². The maximum atomic E-state index is 12.1. The van der Waals surface area contributed by atoms with Crippen LogP contribution in [0.4, 0.5) is 11.5 Å². The molecule has 3 heterocycles. The number of piperazine rings is 1. The van der Waals surface area contributed by atoms with Gasteiger partial charge in [-0.05, 0) is 42.5 Å². The maximum Gasteiger partial charge on any atom is 0.228 e. The summed E-state index contributed by atoms with van der Waals surface area (Å²) in [5, 5.41) is 5.76. The minimum absolute atomic E-state index is 0.349. The molecule has 4 aromatic rings. The second-order valence-electron chi connectivity index (χ2n) is 8.65. The topological polar surface area (TPSA) is 125 Å². The summed E-state index contributed by atoms with van der Waals surface area (Å²) in [6, 6.07) is 10.8. The van der Waals surface area contributed by atoms with Crippen molar-refractivity contribution in [2.24, 2.45) is 0 Å². The van der Waals surface area contributed by atoms with Gasteiger partial charge in [0, 0.05) is 50.2 Å². The summed E-state index contributed by atoms with van der Waals surface area (Å²) in [6.07, 6.45) is 1.57. The number of hydrogen-bond acceptors (Lipinski definition) is 8. The summed E-state index contributed by atoms with van der Waals surface area (Å²) in [4.78, 5) is 28.4. The third-order valence-corrected chi connectivity index (χ3v) is 7.83. The second-order valence-corrected chi connectivity index (χ2v) is 10.3. The molecule has 1 aliphatic rings. The number of carbonyl (C=O) groups is 1. The van der Waals surface area contributed by atoms with E-state index < -0.39 is 11.0 Å². The van der Waals surface area contributed by atoms with Gasteiger partial charge in [-0.15, -0.1) is 0 Å². The fourth-order valence-electron chi connectivity index (χ4n) is 4.45. The van der Waals surface area contributed by atoms with Crippen molar-refractivity contribution in [3.8, 4) is 11.5 Å². The lowest BCUT2D eigenvalue weighted by atomic mass is 10.1. The van der Waals surface area contributed by atoms with E-state index in [1.165, 1.54) is 6.92 Å². The van der Waals surface area contributed by atoms with Crippen LogP contribution in [-0.2, 0) is 15.8 Å². The molecule has 0 bridgehead atoms.